The predicted molar refractivity (Wildman–Crippen MR) is 129 cm³/mol. The molecule has 39 heavy (non-hydrogen) atoms. The fourth-order valence-electron chi connectivity index (χ4n) is 5.38. The van der Waals surface area contributed by atoms with Crippen LogP contribution in [0, 0.1) is 23.6 Å². The van der Waals surface area contributed by atoms with Crippen LogP contribution in [0.25, 0.3) is 6.08 Å². The van der Waals surface area contributed by atoms with E-state index in [0.717, 1.165) is 6.07 Å². The van der Waals surface area contributed by atoms with E-state index in [1.54, 1.807) is 17.0 Å². The Hall–Kier alpha value is -3.23. The van der Waals surface area contributed by atoms with Gasteiger partial charge in [-0.3, -0.25) is 14.3 Å². The Morgan fingerprint density at radius 3 is 2.38 bits per heavy atom. The summed E-state index contributed by atoms with van der Waals surface area (Å²) in [5, 5.41) is 12.4. The molecule has 2 N–H and O–H groups in total. The summed E-state index contributed by atoms with van der Waals surface area (Å²) < 4.78 is 94.1. The van der Waals surface area contributed by atoms with Crippen LogP contribution in [-0.2, 0) is 21.9 Å². The minimum Gasteiger partial charge on any atom is -0.344 e. The Morgan fingerprint density at radius 2 is 1.77 bits per heavy atom. The van der Waals surface area contributed by atoms with E-state index in [4.69, 9.17) is 0 Å². The number of nitrogens with one attached hydrogen (secondary N) is 2. The van der Waals surface area contributed by atoms with Gasteiger partial charge in [0.2, 0.25) is 5.91 Å². The highest BCUT2D eigenvalue weighted by Crippen LogP contribution is 2.53. The summed E-state index contributed by atoms with van der Waals surface area (Å²) >= 11 is 0. The van der Waals surface area contributed by atoms with E-state index in [0.29, 0.717) is 42.4 Å². The molecule has 2 aliphatic rings. The van der Waals surface area contributed by atoms with Crippen molar-refractivity contribution in [3.8, 4) is 0 Å². The number of fused-ring (bicyclic) bond motifs is 2. The maximum absolute atomic E-state index is 13.7. The number of nitrogens with zero attached hydrogens (tertiary/aromatic N) is 3. The van der Waals surface area contributed by atoms with Gasteiger partial charge in [0.25, 0.3) is 0 Å². The van der Waals surface area contributed by atoms with Crippen molar-refractivity contribution >= 4 is 31.7 Å². The number of halogens is 7. The van der Waals surface area contributed by atoms with Crippen LogP contribution < -0.4 is 10.6 Å². The predicted octanol–water partition coefficient (Wildman–Crippen LogP) is 5.04. The third-order valence-electron chi connectivity index (χ3n) is 6.80. The molecule has 1 heterocycles. The summed E-state index contributed by atoms with van der Waals surface area (Å²) in [5.74, 6) is -7.08. The first-order chi connectivity index (χ1) is 17.9. The van der Waals surface area contributed by atoms with Crippen molar-refractivity contribution in [2.24, 2.45) is 17.8 Å². The third-order valence-corrected chi connectivity index (χ3v) is 8.08. The Labute approximate surface area is 219 Å². The zero-order chi connectivity index (χ0) is 28.9. The third kappa shape index (κ3) is 6.33. The minimum atomic E-state index is -5.20. The molecule has 2 saturated carbocycles. The van der Waals surface area contributed by atoms with Crippen LogP contribution in [0.4, 0.5) is 36.4 Å². The number of hydrogen-bond donors (Lipinski definition) is 2. The molecular formula is C24H26F7N5O2Si. The molecule has 2 amide bonds. The van der Waals surface area contributed by atoms with Crippen LogP contribution in [0.5, 0.6) is 0 Å². The second kappa shape index (κ2) is 10.1. The minimum absolute atomic E-state index is 0.378. The number of alkyl halides is 6. The molecule has 2 aliphatic carbocycles. The molecule has 4 rings (SSSR count). The fourth-order valence-corrected chi connectivity index (χ4v) is 6.51. The van der Waals surface area contributed by atoms with Crippen molar-refractivity contribution in [3.63, 3.8) is 0 Å². The Balaban J connectivity index is 1.65. The summed E-state index contributed by atoms with van der Waals surface area (Å²) in [5.41, 5.74) is -0.928. The first-order valence-corrected chi connectivity index (χ1v) is 15.8. The largest absolute Gasteiger partial charge is 0.471 e. The van der Waals surface area contributed by atoms with Crippen LogP contribution in [0.2, 0.25) is 19.6 Å². The monoisotopic (exact) mass is 577 g/mol. The van der Waals surface area contributed by atoms with Crippen LogP contribution in [-0.4, -0.2) is 47.1 Å². The number of benzene rings is 1. The number of amides is 2. The summed E-state index contributed by atoms with van der Waals surface area (Å²) in [7, 11) is -1.53. The van der Waals surface area contributed by atoms with E-state index in [1.165, 1.54) is 0 Å². The number of rotatable bonds is 6. The summed E-state index contributed by atoms with van der Waals surface area (Å²) in [4.78, 5) is 25.1. The fraction of sp³-hybridized carbons (Fsp3) is 0.500. The van der Waals surface area contributed by atoms with Gasteiger partial charge in [0.15, 0.2) is 0 Å². The highest BCUT2D eigenvalue weighted by molar-refractivity contribution is 6.74. The molecule has 2 bridgehead atoms. The lowest BCUT2D eigenvalue weighted by Crippen LogP contribution is -2.51. The van der Waals surface area contributed by atoms with Gasteiger partial charge in [0.05, 0.1) is 25.8 Å². The summed E-state index contributed by atoms with van der Waals surface area (Å²) in [6.45, 7) is 6.42. The molecule has 2 fully saturated rings. The lowest BCUT2D eigenvalue weighted by molar-refractivity contribution is -0.175. The molecule has 2 aromatic rings. The zero-order valence-electron chi connectivity index (χ0n) is 21.1. The van der Waals surface area contributed by atoms with Gasteiger partial charge in [-0.1, -0.05) is 30.4 Å². The van der Waals surface area contributed by atoms with Gasteiger partial charge in [0, 0.05) is 23.8 Å². The molecule has 0 spiro atoms. The van der Waals surface area contributed by atoms with Crippen molar-refractivity contribution in [2.75, 3.05) is 5.32 Å². The number of anilines is 1. The van der Waals surface area contributed by atoms with Crippen LogP contribution in [0.1, 0.15) is 24.1 Å². The van der Waals surface area contributed by atoms with Crippen molar-refractivity contribution in [3.05, 3.63) is 47.0 Å². The molecule has 0 radical (unpaired) electrons. The second-order valence-electron chi connectivity index (χ2n) is 11.0. The average molecular weight is 578 g/mol. The zero-order valence-corrected chi connectivity index (χ0v) is 22.1. The molecule has 212 valence electrons. The molecule has 4 atom stereocenters. The molecule has 0 aliphatic heterocycles. The maximum atomic E-state index is 13.7. The van der Waals surface area contributed by atoms with Gasteiger partial charge in [-0.25, -0.2) is 4.39 Å². The molecule has 15 heteroatoms. The first kappa shape index (κ1) is 28.8. The lowest BCUT2D eigenvalue weighted by atomic mass is 9.83. The summed E-state index contributed by atoms with van der Waals surface area (Å²) in [6, 6.07) is 0.616. The van der Waals surface area contributed by atoms with E-state index in [9.17, 15) is 40.3 Å². The highest BCUT2D eigenvalue weighted by Gasteiger charge is 2.56. The molecule has 1 aromatic heterocycles. The average Bonchev–Trinajstić information content (AvgIpc) is 3.46. The number of carbonyl (C=O) groups excluding carboxylic acids is 2. The maximum Gasteiger partial charge on any atom is 0.471 e. The van der Waals surface area contributed by atoms with Crippen LogP contribution in [0.15, 0.2) is 30.0 Å². The topological polar surface area (TPSA) is 88.9 Å². The number of carbonyl (C=O) groups is 2. The van der Waals surface area contributed by atoms with Crippen LogP contribution in [0.3, 0.4) is 0 Å². The van der Waals surface area contributed by atoms with E-state index in [2.05, 4.69) is 35.3 Å². The standard InChI is InChI=1S/C24H26F7N5O2Si/c1-39(2,3)11-36-10-13(34-35-36)8-16-14-5-6-15(16)20(33-22(38)24(29,30)31)19(14)21(37)32-12-4-7-18(25)17(9-12)23(26,27)28/h4,7-10,14-15,19-20H,5-6,11H2,1-3H3,(H,32,37)(H,33,38). The number of hydrogen-bond acceptors (Lipinski definition) is 4. The van der Waals surface area contributed by atoms with Crippen molar-refractivity contribution < 1.29 is 40.3 Å². The van der Waals surface area contributed by atoms with E-state index in [-0.39, 0.29) is 5.69 Å². The Bertz CT molecular complexity index is 1300. The molecule has 1 aromatic carbocycles. The van der Waals surface area contributed by atoms with E-state index in [1.807, 2.05) is 5.32 Å². The van der Waals surface area contributed by atoms with Gasteiger partial charge < -0.3 is 10.6 Å². The van der Waals surface area contributed by atoms with Crippen LogP contribution >= 0.6 is 0 Å². The van der Waals surface area contributed by atoms with Crippen molar-refractivity contribution in [1.29, 1.82) is 0 Å². The van der Waals surface area contributed by atoms with Gasteiger partial charge in [-0.05, 0) is 43.0 Å². The first-order valence-electron chi connectivity index (χ1n) is 12.1. The van der Waals surface area contributed by atoms with Gasteiger partial charge in [-0.15, -0.1) is 5.10 Å². The van der Waals surface area contributed by atoms with E-state index < -0.39 is 67.4 Å². The molecular weight excluding hydrogens is 551 g/mol. The van der Waals surface area contributed by atoms with Crippen molar-refractivity contribution in [1.82, 2.24) is 20.3 Å². The Morgan fingerprint density at radius 1 is 1.10 bits per heavy atom. The van der Waals surface area contributed by atoms with Gasteiger partial charge >= 0.3 is 18.3 Å². The molecule has 4 unspecified atom stereocenters. The second-order valence-corrected chi connectivity index (χ2v) is 16.5. The van der Waals surface area contributed by atoms with Gasteiger partial charge in [0.1, 0.15) is 11.5 Å². The Kier molecular flexibility index (Phi) is 7.42. The normalized spacial score (nSPS) is 24.3. The molecule has 7 nitrogen and oxygen atoms in total. The van der Waals surface area contributed by atoms with Crippen molar-refractivity contribution in [2.45, 2.75) is 57.0 Å². The SMILES string of the molecule is C[Si](C)(C)Cn1cc(C=C2C3CCC2C(C(=O)Nc2ccc(F)c(C(F)(F)F)c2)C3NC(=O)C(F)(F)F)nn1. The van der Waals surface area contributed by atoms with Gasteiger partial charge in [-0.2, -0.15) is 26.3 Å². The quantitative estimate of drug-likeness (QED) is 0.372. The molecule has 0 saturated heterocycles. The summed E-state index contributed by atoms with van der Waals surface area (Å²) in [6.07, 6.45) is -5.40. The lowest BCUT2D eigenvalue weighted by Gasteiger charge is -2.30. The highest BCUT2D eigenvalue weighted by atomic mass is 28.3. The van der Waals surface area contributed by atoms with E-state index >= 15 is 0 Å². The number of aromatic nitrogens is 3. The smallest absolute Gasteiger partial charge is 0.344 e.